The quantitative estimate of drug-likeness (QED) is 0.800. The predicted octanol–water partition coefficient (Wildman–Crippen LogP) is 2.61. The third-order valence-corrected chi connectivity index (χ3v) is 5.53. The van der Waals surface area contributed by atoms with Gasteiger partial charge < -0.3 is 9.47 Å². The summed E-state index contributed by atoms with van der Waals surface area (Å²) in [5, 5.41) is 0.239. The first-order valence-electron chi connectivity index (χ1n) is 7.95. The smallest absolute Gasteiger partial charge is 0.273 e. The van der Waals surface area contributed by atoms with E-state index in [1.54, 1.807) is 24.4 Å². The molecule has 4 rings (SSSR count). The number of halogens is 1. The molecule has 1 aliphatic heterocycles. The summed E-state index contributed by atoms with van der Waals surface area (Å²) in [7, 11) is 0. The summed E-state index contributed by atoms with van der Waals surface area (Å²) >= 11 is 1.31. The molecule has 24 heavy (non-hydrogen) atoms. The third-order valence-electron chi connectivity index (χ3n) is 4.29. The minimum atomic E-state index is -0.399. The fourth-order valence-electron chi connectivity index (χ4n) is 2.92. The first-order valence-corrected chi connectivity index (χ1v) is 8.83. The van der Waals surface area contributed by atoms with Crippen molar-refractivity contribution in [1.29, 1.82) is 0 Å². The number of nitrogens with zero attached hydrogens (tertiary/aromatic N) is 3. The Morgan fingerprint density at radius 2 is 1.92 bits per heavy atom. The zero-order chi connectivity index (χ0) is 16.7. The summed E-state index contributed by atoms with van der Waals surface area (Å²) in [6.07, 6.45) is 4.49. The summed E-state index contributed by atoms with van der Waals surface area (Å²) in [5.74, 6) is -0.533. The van der Waals surface area contributed by atoms with Gasteiger partial charge in [-0.1, -0.05) is 23.9 Å². The molecule has 1 atom stereocenters. The van der Waals surface area contributed by atoms with Gasteiger partial charge in [0.15, 0.2) is 5.16 Å². The van der Waals surface area contributed by atoms with Gasteiger partial charge in [0.25, 0.3) is 5.56 Å². The lowest BCUT2D eigenvalue weighted by Gasteiger charge is -2.17. The van der Waals surface area contributed by atoms with Crippen molar-refractivity contribution in [3.63, 3.8) is 0 Å². The third kappa shape index (κ3) is 2.84. The summed E-state index contributed by atoms with van der Waals surface area (Å²) < 4.78 is 15.9. The van der Waals surface area contributed by atoms with Crippen LogP contribution < -0.4 is 10.5 Å². The van der Waals surface area contributed by atoms with Crippen molar-refractivity contribution in [3.05, 3.63) is 52.7 Å². The standard InChI is InChI=1S/C17H16FN3O2S/c18-12-3-1-2-4-13(12)21-9-7-14(16(21)23)24-17-19-15(22)8-10-20(17)11-5-6-11/h1-4,8,10-11,14H,5-7,9H2/t14-/m0/s1. The van der Waals surface area contributed by atoms with Crippen molar-refractivity contribution in [2.24, 2.45) is 0 Å². The molecule has 1 amide bonds. The zero-order valence-electron chi connectivity index (χ0n) is 12.9. The molecule has 0 bridgehead atoms. The molecule has 5 nitrogen and oxygen atoms in total. The van der Waals surface area contributed by atoms with Crippen LogP contribution in [0, 0.1) is 5.82 Å². The van der Waals surface area contributed by atoms with Crippen LogP contribution in [0.1, 0.15) is 25.3 Å². The van der Waals surface area contributed by atoms with Crippen LogP contribution in [0.2, 0.25) is 0 Å². The maximum Gasteiger partial charge on any atom is 0.273 e. The number of rotatable bonds is 4. The number of carbonyl (C=O) groups is 1. The highest BCUT2D eigenvalue weighted by atomic mass is 32.2. The van der Waals surface area contributed by atoms with Gasteiger partial charge >= 0.3 is 0 Å². The van der Waals surface area contributed by atoms with Gasteiger partial charge in [0.2, 0.25) is 5.91 Å². The van der Waals surface area contributed by atoms with Crippen LogP contribution >= 0.6 is 11.8 Å². The summed E-state index contributed by atoms with van der Waals surface area (Å²) in [6.45, 7) is 0.470. The van der Waals surface area contributed by atoms with Gasteiger partial charge in [-0.2, -0.15) is 4.98 Å². The van der Waals surface area contributed by atoms with Crippen LogP contribution in [0.25, 0.3) is 0 Å². The number of aromatic nitrogens is 2. The van der Waals surface area contributed by atoms with E-state index in [4.69, 9.17) is 0 Å². The number of para-hydroxylation sites is 1. The Labute approximate surface area is 142 Å². The normalized spacial score (nSPS) is 20.6. The number of carbonyl (C=O) groups excluding carboxylic acids is 1. The van der Waals surface area contributed by atoms with Crippen molar-refractivity contribution in [2.75, 3.05) is 11.4 Å². The van der Waals surface area contributed by atoms with Crippen LogP contribution in [-0.4, -0.2) is 27.3 Å². The summed E-state index contributed by atoms with van der Waals surface area (Å²) in [4.78, 5) is 29.8. The van der Waals surface area contributed by atoms with E-state index < -0.39 is 5.82 Å². The van der Waals surface area contributed by atoms with Crippen LogP contribution in [0.15, 0.2) is 46.5 Å². The lowest BCUT2D eigenvalue weighted by molar-refractivity contribution is -0.116. The molecule has 1 aliphatic carbocycles. The van der Waals surface area contributed by atoms with Crippen LogP contribution in [0.4, 0.5) is 10.1 Å². The van der Waals surface area contributed by atoms with E-state index in [0.717, 1.165) is 12.8 Å². The van der Waals surface area contributed by atoms with E-state index in [1.807, 2.05) is 4.57 Å². The number of hydrogen-bond acceptors (Lipinski definition) is 4. The maximum absolute atomic E-state index is 13.9. The van der Waals surface area contributed by atoms with Crippen molar-refractivity contribution < 1.29 is 9.18 Å². The molecule has 2 aromatic rings. The number of anilines is 1. The highest BCUT2D eigenvalue weighted by Gasteiger charge is 2.36. The zero-order valence-corrected chi connectivity index (χ0v) is 13.7. The molecule has 1 saturated heterocycles. The van der Waals surface area contributed by atoms with Gasteiger partial charge in [0.1, 0.15) is 5.82 Å². The van der Waals surface area contributed by atoms with E-state index in [-0.39, 0.29) is 16.7 Å². The van der Waals surface area contributed by atoms with E-state index in [2.05, 4.69) is 4.98 Å². The van der Waals surface area contributed by atoms with Gasteiger partial charge in [-0.25, -0.2) is 4.39 Å². The molecular weight excluding hydrogens is 329 g/mol. The first kappa shape index (κ1) is 15.4. The number of hydrogen-bond donors (Lipinski definition) is 0. The van der Waals surface area contributed by atoms with Crippen molar-refractivity contribution in [3.8, 4) is 0 Å². The van der Waals surface area contributed by atoms with Crippen LogP contribution in [0.3, 0.4) is 0 Å². The van der Waals surface area contributed by atoms with Gasteiger partial charge in [0.05, 0.1) is 10.9 Å². The molecule has 1 aromatic heterocycles. The lowest BCUT2D eigenvalue weighted by Crippen LogP contribution is -2.29. The fourth-order valence-corrected chi connectivity index (χ4v) is 4.10. The second-order valence-corrected chi connectivity index (χ2v) is 7.19. The Morgan fingerprint density at radius 3 is 2.67 bits per heavy atom. The van der Waals surface area contributed by atoms with Gasteiger partial charge in [0, 0.05) is 24.8 Å². The molecule has 2 aliphatic rings. The Balaban J connectivity index is 1.57. The largest absolute Gasteiger partial charge is 0.324 e. The number of thioether (sulfide) groups is 1. The molecule has 2 heterocycles. The monoisotopic (exact) mass is 345 g/mol. The maximum atomic E-state index is 13.9. The Hall–Kier alpha value is -2.15. The molecule has 0 radical (unpaired) electrons. The van der Waals surface area contributed by atoms with Gasteiger partial charge in [-0.3, -0.25) is 9.59 Å². The summed E-state index contributed by atoms with van der Waals surface area (Å²) in [5.41, 5.74) is 0.0111. The molecule has 1 saturated carbocycles. The van der Waals surface area contributed by atoms with Crippen molar-refractivity contribution in [2.45, 2.75) is 35.7 Å². The number of amides is 1. The molecule has 0 N–H and O–H groups in total. The SMILES string of the molecule is O=C1[C@@H](Sc2nc(=O)ccn2C2CC2)CCN1c1ccccc1F. The van der Waals surface area contributed by atoms with Crippen molar-refractivity contribution in [1.82, 2.24) is 9.55 Å². The Morgan fingerprint density at radius 1 is 1.12 bits per heavy atom. The molecule has 2 fully saturated rings. The van der Waals surface area contributed by atoms with Gasteiger partial charge in [-0.15, -0.1) is 0 Å². The second-order valence-electron chi connectivity index (χ2n) is 6.02. The topological polar surface area (TPSA) is 55.2 Å². The highest BCUT2D eigenvalue weighted by Crippen LogP contribution is 2.39. The minimum absolute atomic E-state index is 0.134. The van der Waals surface area contributed by atoms with Crippen LogP contribution in [0.5, 0.6) is 0 Å². The molecule has 0 spiro atoms. The summed E-state index contributed by atoms with van der Waals surface area (Å²) in [6, 6.07) is 8.11. The fraction of sp³-hybridized carbons (Fsp3) is 0.353. The molecule has 0 unspecified atom stereocenters. The number of benzene rings is 1. The Bertz CT molecular complexity index is 850. The Kier molecular flexibility index (Phi) is 3.88. The van der Waals surface area contributed by atoms with E-state index >= 15 is 0 Å². The van der Waals surface area contributed by atoms with Gasteiger partial charge in [-0.05, 0) is 31.4 Å². The average molecular weight is 345 g/mol. The van der Waals surface area contributed by atoms with E-state index in [1.165, 1.54) is 28.8 Å². The molecule has 124 valence electrons. The second kappa shape index (κ2) is 6.05. The van der Waals surface area contributed by atoms with Crippen molar-refractivity contribution >= 4 is 23.4 Å². The van der Waals surface area contributed by atoms with E-state index in [9.17, 15) is 14.0 Å². The minimum Gasteiger partial charge on any atom is -0.324 e. The average Bonchev–Trinajstić information content (AvgIpc) is 3.34. The molecule has 7 heteroatoms. The highest BCUT2D eigenvalue weighted by molar-refractivity contribution is 8.00. The van der Waals surface area contributed by atoms with E-state index in [0.29, 0.717) is 29.9 Å². The molecular formula is C17H16FN3O2S. The van der Waals surface area contributed by atoms with Crippen LogP contribution in [-0.2, 0) is 4.79 Å². The predicted molar refractivity (Wildman–Crippen MR) is 89.8 cm³/mol. The molecule has 1 aromatic carbocycles. The lowest BCUT2D eigenvalue weighted by atomic mass is 10.3. The first-order chi connectivity index (χ1) is 11.6.